The molecule has 19 heavy (non-hydrogen) atoms. The topological polar surface area (TPSA) is 34.1 Å². The number of hydrogen-bond donors (Lipinski definition) is 1. The second kappa shape index (κ2) is 6.38. The molecule has 108 valence electrons. The highest BCUT2D eigenvalue weighted by Gasteiger charge is 2.12. The molecule has 1 aromatic rings. The molecule has 0 saturated carbocycles. The first-order valence-electron chi connectivity index (χ1n) is 6.98. The molecule has 1 rings (SSSR count). The van der Waals surface area contributed by atoms with Crippen molar-refractivity contribution in [3.63, 3.8) is 0 Å². The first-order chi connectivity index (χ1) is 8.66. The Kier molecular flexibility index (Phi) is 5.36. The highest BCUT2D eigenvalue weighted by molar-refractivity contribution is 5.20. The van der Waals surface area contributed by atoms with Gasteiger partial charge in [0.05, 0.1) is 6.20 Å². The normalized spacial score (nSPS) is 12.5. The van der Waals surface area contributed by atoms with Gasteiger partial charge in [-0.25, -0.2) is 0 Å². The van der Waals surface area contributed by atoms with E-state index < -0.39 is 0 Å². The third-order valence-corrected chi connectivity index (χ3v) is 2.54. The average molecular weight is 264 g/mol. The van der Waals surface area contributed by atoms with Crippen molar-refractivity contribution >= 4 is 0 Å². The fourth-order valence-electron chi connectivity index (χ4n) is 1.74. The van der Waals surface area contributed by atoms with Crippen molar-refractivity contribution in [1.82, 2.24) is 10.3 Å². The maximum atomic E-state index is 5.66. The molecule has 0 aliphatic rings. The third kappa shape index (κ3) is 7.83. The molecule has 0 bridgehead atoms. The summed E-state index contributed by atoms with van der Waals surface area (Å²) >= 11 is 0. The quantitative estimate of drug-likeness (QED) is 0.827. The van der Waals surface area contributed by atoms with Gasteiger partial charge in [0.25, 0.3) is 0 Å². The van der Waals surface area contributed by atoms with Crippen LogP contribution in [0.15, 0.2) is 18.3 Å². The third-order valence-electron chi connectivity index (χ3n) is 2.54. The van der Waals surface area contributed by atoms with Gasteiger partial charge >= 0.3 is 0 Å². The molecule has 1 heterocycles. The van der Waals surface area contributed by atoms with Gasteiger partial charge in [-0.2, -0.15) is 0 Å². The van der Waals surface area contributed by atoms with Crippen LogP contribution in [0, 0.1) is 5.41 Å². The Bertz CT molecular complexity index is 371. The predicted molar refractivity (Wildman–Crippen MR) is 80.6 cm³/mol. The van der Waals surface area contributed by atoms with E-state index in [0.717, 1.165) is 24.4 Å². The van der Waals surface area contributed by atoms with Crippen LogP contribution in [0.5, 0.6) is 5.75 Å². The van der Waals surface area contributed by atoms with Crippen LogP contribution in [0.3, 0.4) is 0 Å². The number of nitrogens with one attached hydrogen (secondary N) is 1. The van der Waals surface area contributed by atoms with Crippen molar-refractivity contribution in [2.45, 2.75) is 53.5 Å². The number of hydrogen-bond acceptors (Lipinski definition) is 3. The molecule has 0 amide bonds. The summed E-state index contributed by atoms with van der Waals surface area (Å²) in [7, 11) is 0. The van der Waals surface area contributed by atoms with Crippen molar-refractivity contribution in [2.24, 2.45) is 5.41 Å². The van der Waals surface area contributed by atoms with E-state index in [2.05, 4.69) is 57.9 Å². The summed E-state index contributed by atoms with van der Waals surface area (Å²) in [4.78, 5) is 4.45. The molecular weight excluding hydrogens is 236 g/mol. The van der Waals surface area contributed by atoms with Gasteiger partial charge in [-0.15, -0.1) is 0 Å². The Balaban J connectivity index is 2.36. The van der Waals surface area contributed by atoms with Crippen LogP contribution >= 0.6 is 0 Å². The molecule has 0 aromatic carbocycles. The van der Waals surface area contributed by atoms with E-state index in [1.807, 2.05) is 12.3 Å². The van der Waals surface area contributed by atoms with Gasteiger partial charge in [0.2, 0.25) is 0 Å². The van der Waals surface area contributed by atoms with Crippen LogP contribution in [-0.2, 0) is 6.42 Å². The van der Waals surface area contributed by atoms with E-state index in [1.54, 1.807) is 0 Å². The summed E-state index contributed by atoms with van der Waals surface area (Å²) in [6.45, 7) is 14.6. The second-order valence-corrected chi connectivity index (χ2v) is 7.25. The molecule has 0 aliphatic carbocycles. The van der Waals surface area contributed by atoms with Crippen molar-refractivity contribution in [1.29, 1.82) is 0 Å². The Morgan fingerprint density at radius 3 is 2.26 bits per heavy atom. The lowest BCUT2D eigenvalue weighted by atomic mass is 9.90. The molecule has 1 N–H and O–H groups in total. The van der Waals surface area contributed by atoms with Crippen LogP contribution in [-0.4, -0.2) is 23.7 Å². The predicted octanol–water partition coefficient (Wildman–Crippen LogP) is 3.44. The minimum Gasteiger partial charge on any atom is -0.491 e. The van der Waals surface area contributed by atoms with Crippen LogP contribution in [0.25, 0.3) is 0 Å². The second-order valence-electron chi connectivity index (χ2n) is 7.25. The largest absolute Gasteiger partial charge is 0.491 e. The Morgan fingerprint density at radius 2 is 1.79 bits per heavy atom. The summed E-state index contributed by atoms with van der Waals surface area (Å²) < 4.78 is 5.66. The number of aromatic nitrogens is 1. The average Bonchev–Trinajstić information content (AvgIpc) is 2.23. The smallest absolute Gasteiger partial charge is 0.137 e. The standard InChI is InChI=1S/C16H28N2O/c1-15(2,3)11-13-7-8-14(12-17-13)19-10-9-18-16(4,5)6/h7-8,12,18H,9-11H2,1-6H3. The summed E-state index contributed by atoms with van der Waals surface area (Å²) in [5.41, 5.74) is 1.53. The minimum absolute atomic E-state index is 0.137. The highest BCUT2D eigenvalue weighted by Crippen LogP contribution is 2.20. The van der Waals surface area contributed by atoms with E-state index in [4.69, 9.17) is 4.74 Å². The fourth-order valence-corrected chi connectivity index (χ4v) is 1.74. The molecule has 0 atom stereocenters. The van der Waals surface area contributed by atoms with Crippen LogP contribution in [0.4, 0.5) is 0 Å². The van der Waals surface area contributed by atoms with Gasteiger partial charge in [-0.3, -0.25) is 4.98 Å². The first-order valence-corrected chi connectivity index (χ1v) is 6.98. The lowest BCUT2D eigenvalue weighted by molar-refractivity contribution is 0.289. The molecule has 0 radical (unpaired) electrons. The summed E-state index contributed by atoms with van der Waals surface area (Å²) in [6.07, 6.45) is 2.80. The Morgan fingerprint density at radius 1 is 1.11 bits per heavy atom. The Hall–Kier alpha value is -1.09. The van der Waals surface area contributed by atoms with Gasteiger partial charge in [-0.05, 0) is 44.7 Å². The number of pyridine rings is 1. The van der Waals surface area contributed by atoms with Crippen molar-refractivity contribution in [3.8, 4) is 5.75 Å². The van der Waals surface area contributed by atoms with Crippen LogP contribution in [0.1, 0.15) is 47.2 Å². The lowest BCUT2D eigenvalue weighted by Gasteiger charge is -2.20. The molecule has 0 unspecified atom stereocenters. The SMILES string of the molecule is CC(C)(C)Cc1ccc(OCCNC(C)(C)C)cn1. The van der Waals surface area contributed by atoms with Crippen molar-refractivity contribution < 1.29 is 4.74 Å². The van der Waals surface area contributed by atoms with Crippen LogP contribution in [0.2, 0.25) is 0 Å². The Labute approximate surface area is 117 Å². The molecule has 0 saturated heterocycles. The zero-order chi connectivity index (χ0) is 14.5. The molecule has 0 fully saturated rings. The van der Waals surface area contributed by atoms with Crippen molar-refractivity contribution in [2.75, 3.05) is 13.2 Å². The van der Waals surface area contributed by atoms with E-state index in [1.165, 1.54) is 0 Å². The van der Waals surface area contributed by atoms with Gasteiger partial charge in [0, 0.05) is 17.8 Å². The molecular formula is C16H28N2O. The maximum absolute atomic E-state index is 5.66. The zero-order valence-electron chi connectivity index (χ0n) is 13.2. The lowest BCUT2D eigenvalue weighted by Crippen LogP contribution is -2.38. The molecule has 1 aromatic heterocycles. The van der Waals surface area contributed by atoms with Gasteiger partial charge in [-0.1, -0.05) is 20.8 Å². The monoisotopic (exact) mass is 264 g/mol. The van der Waals surface area contributed by atoms with Gasteiger partial charge in [0.1, 0.15) is 12.4 Å². The maximum Gasteiger partial charge on any atom is 0.137 e. The molecule has 3 heteroatoms. The van der Waals surface area contributed by atoms with E-state index in [-0.39, 0.29) is 11.0 Å². The highest BCUT2D eigenvalue weighted by atomic mass is 16.5. The zero-order valence-corrected chi connectivity index (χ0v) is 13.2. The van der Waals surface area contributed by atoms with E-state index >= 15 is 0 Å². The van der Waals surface area contributed by atoms with Gasteiger partial charge in [0.15, 0.2) is 0 Å². The van der Waals surface area contributed by atoms with E-state index in [9.17, 15) is 0 Å². The first kappa shape index (κ1) is 16.0. The van der Waals surface area contributed by atoms with Crippen molar-refractivity contribution in [3.05, 3.63) is 24.0 Å². The number of ether oxygens (including phenoxy) is 1. The summed E-state index contributed by atoms with van der Waals surface area (Å²) in [5, 5.41) is 3.39. The summed E-state index contributed by atoms with van der Waals surface area (Å²) in [5.74, 6) is 0.841. The number of rotatable bonds is 5. The molecule has 0 spiro atoms. The summed E-state index contributed by atoms with van der Waals surface area (Å²) in [6, 6.07) is 4.06. The van der Waals surface area contributed by atoms with Crippen LogP contribution < -0.4 is 10.1 Å². The van der Waals surface area contributed by atoms with E-state index in [0.29, 0.717) is 6.61 Å². The molecule has 3 nitrogen and oxygen atoms in total. The molecule has 0 aliphatic heterocycles. The minimum atomic E-state index is 0.137. The number of nitrogens with zero attached hydrogens (tertiary/aromatic N) is 1. The van der Waals surface area contributed by atoms with Gasteiger partial charge < -0.3 is 10.1 Å². The fraction of sp³-hybridized carbons (Fsp3) is 0.688.